The first kappa shape index (κ1) is 72.6. The van der Waals surface area contributed by atoms with E-state index in [0.29, 0.717) is 12.8 Å². The van der Waals surface area contributed by atoms with Gasteiger partial charge in [0.25, 0.3) is 0 Å². The van der Waals surface area contributed by atoms with Crippen LogP contribution in [-0.4, -0.2) is 46.1 Å². The van der Waals surface area contributed by atoms with Crippen LogP contribution in [0.5, 0.6) is 0 Å². The minimum atomic E-state index is -1.17. The number of allylic oxidation sites excluding steroid dienone is 6. The molecule has 0 heterocycles. The van der Waals surface area contributed by atoms with E-state index in [0.717, 1.165) is 44.9 Å². The molecular weight excluding hydrogens is 907 g/mol. The number of carbonyl (C=O) groups is 1. The van der Waals surface area contributed by atoms with Crippen LogP contribution in [0.25, 0.3) is 0 Å². The third-order valence-electron chi connectivity index (χ3n) is 15.9. The van der Waals surface area contributed by atoms with Gasteiger partial charge in [-0.1, -0.05) is 326 Å². The number of hydrogen-bond donors (Lipinski definition) is 4. The Hall–Kier alpha value is -1.43. The molecule has 0 radical (unpaired) electrons. The molecule has 0 aliphatic heterocycles. The average Bonchev–Trinajstić information content (AvgIpc) is 3.41. The summed E-state index contributed by atoms with van der Waals surface area (Å²) < 4.78 is 0. The number of amides is 1. The smallest absolute Gasteiger partial charge is 0.220 e. The van der Waals surface area contributed by atoms with Gasteiger partial charge in [0.1, 0.15) is 6.10 Å². The Labute approximate surface area is 464 Å². The van der Waals surface area contributed by atoms with Crippen molar-refractivity contribution >= 4 is 5.91 Å². The van der Waals surface area contributed by atoms with Crippen molar-refractivity contribution in [3.05, 3.63) is 36.5 Å². The van der Waals surface area contributed by atoms with Crippen LogP contribution in [0, 0.1) is 0 Å². The lowest BCUT2D eigenvalue weighted by Gasteiger charge is -2.26. The first-order valence-electron chi connectivity index (χ1n) is 33.8. The van der Waals surface area contributed by atoms with Gasteiger partial charge in [0.05, 0.1) is 18.8 Å². The number of nitrogens with one attached hydrogen (secondary N) is 1. The highest BCUT2D eigenvalue weighted by Gasteiger charge is 2.26. The number of hydrogen-bond acceptors (Lipinski definition) is 4. The van der Waals surface area contributed by atoms with Crippen LogP contribution in [0.4, 0.5) is 0 Å². The minimum Gasteiger partial charge on any atom is -0.394 e. The Kier molecular flexibility index (Phi) is 62.9. The number of aliphatic hydroxyl groups is 3. The van der Waals surface area contributed by atoms with Crippen LogP contribution in [0.2, 0.25) is 0 Å². The summed E-state index contributed by atoms with van der Waals surface area (Å²) in [6.07, 6.45) is 85.1. The van der Waals surface area contributed by atoms with Gasteiger partial charge in [0.2, 0.25) is 5.91 Å². The molecule has 0 aromatic carbocycles. The van der Waals surface area contributed by atoms with Crippen LogP contribution >= 0.6 is 0 Å². The molecule has 0 aliphatic rings. The number of unbranched alkanes of at least 4 members (excludes halogenated alkanes) is 49. The van der Waals surface area contributed by atoms with E-state index in [1.54, 1.807) is 0 Å². The lowest BCUT2D eigenvalue weighted by atomic mass is 10.0. The zero-order chi connectivity index (χ0) is 53.6. The predicted molar refractivity (Wildman–Crippen MR) is 328 cm³/mol. The van der Waals surface area contributed by atoms with E-state index in [4.69, 9.17) is 0 Å². The van der Waals surface area contributed by atoms with Gasteiger partial charge in [0, 0.05) is 6.42 Å². The molecule has 0 bridgehead atoms. The first-order chi connectivity index (χ1) is 36.6. The number of rotatable bonds is 63. The lowest BCUT2D eigenvalue weighted by Crippen LogP contribution is -2.50. The van der Waals surface area contributed by atoms with Crippen molar-refractivity contribution in [3.63, 3.8) is 0 Å². The predicted octanol–water partition coefficient (Wildman–Crippen LogP) is 21.7. The highest BCUT2D eigenvalue weighted by molar-refractivity contribution is 5.76. The van der Waals surface area contributed by atoms with E-state index in [-0.39, 0.29) is 12.5 Å². The van der Waals surface area contributed by atoms with Crippen LogP contribution in [0.3, 0.4) is 0 Å². The molecule has 1 amide bonds. The molecule has 0 rings (SSSR count). The Balaban J connectivity index is 3.48. The molecule has 0 fully saturated rings. The molecule has 3 atom stereocenters. The molecule has 0 saturated carbocycles. The molecule has 0 aromatic rings. The van der Waals surface area contributed by atoms with Gasteiger partial charge in [-0.15, -0.1) is 0 Å². The molecule has 0 aromatic heterocycles. The number of carbonyl (C=O) groups excluding carboxylic acids is 1. The van der Waals surface area contributed by atoms with E-state index in [1.807, 2.05) is 0 Å². The summed E-state index contributed by atoms with van der Waals surface area (Å²) in [5.74, 6) is -0.152. The van der Waals surface area contributed by atoms with Gasteiger partial charge in [-0.3, -0.25) is 4.79 Å². The third kappa shape index (κ3) is 58.3. The highest BCUT2D eigenvalue weighted by Crippen LogP contribution is 2.19. The van der Waals surface area contributed by atoms with E-state index >= 15 is 0 Å². The van der Waals surface area contributed by atoms with Crippen molar-refractivity contribution in [2.24, 2.45) is 0 Å². The maximum atomic E-state index is 12.6. The standard InChI is InChI=1S/C69H133NO4/c1-3-5-7-9-11-13-15-17-19-21-23-25-26-27-28-29-30-31-32-33-34-35-36-37-38-39-40-41-42-44-46-48-50-52-54-56-58-60-62-64-68(73)70-66(65-71)69(74)67(72)63-61-59-57-55-53-51-49-47-45-43-24-22-20-18-16-14-12-10-8-6-4-2/h33-34,47,49,55,57,66-67,69,71-72,74H,3-32,35-46,48,50-54,56,58-65H2,1-2H3,(H,70,73)/b34-33-,49-47+,57-55+. The zero-order valence-electron chi connectivity index (χ0n) is 50.3. The van der Waals surface area contributed by atoms with Crippen molar-refractivity contribution in [1.29, 1.82) is 0 Å². The van der Waals surface area contributed by atoms with E-state index in [2.05, 4.69) is 55.6 Å². The summed E-state index contributed by atoms with van der Waals surface area (Å²) in [5.41, 5.74) is 0. The summed E-state index contributed by atoms with van der Waals surface area (Å²) >= 11 is 0. The van der Waals surface area contributed by atoms with Gasteiger partial charge in [-0.05, 0) is 77.0 Å². The quantitative estimate of drug-likeness (QED) is 0.0361. The highest BCUT2D eigenvalue weighted by atomic mass is 16.3. The van der Waals surface area contributed by atoms with Crippen molar-refractivity contribution in [3.8, 4) is 0 Å². The second-order valence-electron chi connectivity index (χ2n) is 23.4. The van der Waals surface area contributed by atoms with E-state index < -0.39 is 18.2 Å². The molecule has 438 valence electrons. The Bertz CT molecular complexity index is 1150. The van der Waals surface area contributed by atoms with Gasteiger partial charge < -0.3 is 20.6 Å². The molecule has 5 nitrogen and oxygen atoms in total. The summed E-state index contributed by atoms with van der Waals surface area (Å²) in [4.78, 5) is 12.6. The Morgan fingerprint density at radius 3 is 0.824 bits per heavy atom. The largest absolute Gasteiger partial charge is 0.394 e. The first-order valence-corrected chi connectivity index (χ1v) is 33.8. The second kappa shape index (κ2) is 64.1. The molecule has 0 saturated heterocycles. The summed E-state index contributed by atoms with van der Waals surface area (Å²) in [6.45, 7) is 4.21. The van der Waals surface area contributed by atoms with Gasteiger partial charge in [-0.2, -0.15) is 0 Å². The minimum absolute atomic E-state index is 0.152. The zero-order valence-corrected chi connectivity index (χ0v) is 50.3. The molecular formula is C69H133NO4. The molecule has 3 unspecified atom stereocenters. The molecule has 5 heteroatoms. The number of aliphatic hydroxyl groups excluding tert-OH is 3. The molecule has 0 aliphatic carbocycles. The summed E-state index contributed by atoms with van der Waals surface area (Å²) in [6, 6.07) is -0.833. The molecule has 74 heavy (non-hydrogen) atoms. The van der Waals surface area contributed by atoms with Crippen molar-refractivity contribution in [2.45, 2.75) is 392 Å². The fraction of sp³-hybridized carbons (Fsp3) is 0.899. The maximum absolute atomic E-state index is 12.6. The summed E-state index contributed by atoms with van der Waals surface area (Å²) in [5, 5.41) is 33.8. The van der Waals surface area contributed by atoms with Crippen LogP contribution in [0.15, 0.2) is 36.5 Å². The third-order valence-corrected chi connectivity index (χ3v) is 15.9. The SMILES string of the molecule is CCCCCCCCCCCCCC/C=C/CC/C=C/CCCC(O)C(O)C(CO)NC(=O)CCCCCCCCCCCCCCCCCCC/C=C\CCCCCCCCCCCCCCCCCCCC. The fourth-order valence-electron chi connectivity index (χ4n) is 10.8. The van der Waals surface area contributed by atoms with Crippen LogP contribution < -0.4 is 5.32 Å². The normalized spacial score (nSPS) is 13.3. The van der Waals surface area contributed by atoms with Crippen molar-refractivity contribution < 1.29 is 20.1 Å². The van der Waals surface area contributed by atoms with Gasteiger partial charge >= 0.3 is 0 Å². The average molecular weight is 1040 g/mol. The van der Waals surface area contributed by atoms with E-state index in [1.165, 1.54) is 302 Å². The second-order valence-corrected chi connectivity index (χ2v) is 23.4. The van der Waals surface area contributed by atoms with Crippen LogP contribution in [-0.2, 0) is 4.79 Å². The molecule has 4 N–H and O–H groups in total. The summed E-state index contributed by atoms with van der Waals surface area (Å²) in [7, 11) is 0. The monoisotopic (exact) mass is 1040 g/mol. The Morgan fingerprint density at radius 2 is 0.554 bits per heavy atom. The molecule has 0 spiro atoms. The lowest BCUT2D eigenvalue weighted by molar-refractivity contribution is -0.124. The maximum Gasteiger partial charge on any atom is 0.220 e. The fourth-order valence-corrected chi connectivity index (χ4v) is 10.8. The van der Waals surface area contributed by atoms with Gasteiger partial charge in [0.15, 0.2) is 0 Å². The Morgan fingerprint density at radius 1 is 0.324 bits per heavy atom. The van der Waals surface area contributed by atoms with Crippen molar-refractivity contribution in [1.82, 2.24) is 5.32 Å². The van der Waals surface area contributed by atoms with E-state index in [9.17, 15) is 20.1 Å². The van der Waals surface area contributed by atoms with Gasteiger partial charge in [-0.25, -0.2) is 0 Å². The van der Waals surface area contributed by atoms with Crippen molar-refractivity contribution in [2.75, 3.05) is 6.61 Å². The van der Waals surface area contributed by atoms with Crippen LogP contribution in [0.1, 0.15) is 373 Å². The topological polar surface area (TPSA) is 89.8 Å².